The van der Waals surface area contributed by atoms with Gasteiger partial charge in [-0.2, -0.15) is 0 Å². The Hall–Kier alpha value is -1.08. The van der Waals surface area contributed by atoms with Gasteiger partial charge < -0.3 is 36.1 Å². The Morgan fingerprint density at radius 1 is 0.939 bits per heavy atom. The second-order valence-corrected chi connectivity index (χ2v) is 20.0. The molecule has 0 unspecified atom stereocenters. The summed E-state index contributed by atoms with van der Waals surface area (Å²) in [5.74, 6) is 0. The Bertz CT molecular complexity index is 1180. The molecule has 0 radical (unpaired) electrons. The van der Waals surface area contributed by atoms with E-state index in [0.29, 0.717) is 33.0 Å². The second-order valence-electron chi connectivity index (χ2n) is 14.2. The molecule has 1 saturated heterocycles. The summed E-state index contributed by atoms with van der Waals surface area (Å²) >= 11 is -1.23. The zero-order valence-electron chi connectivity index (χ0n) is 32.0. The summed E-state index contributed by atoms with van der Waals surface area (Å²) < 4.78 is 38.3. The average molecular weight is 728 g/mol. The van der Waals surface area contributed by atoms with Gasteiger partial charge in [-0.05, 0) is 50.0 Å². The smallest absolute Gasteiger partial charge is 0.640 e. The SMILES string of the molecule is CC(C)(C)OC(=O)N1[C@H]([C@H](O)/C=C/CO[Si](c2ccccc2)(c2ccccc2)C(C)(C)C)COC1(C)C.COCC[O][AlH2-][O]CCOC.[Na+]. The third-order valence-corrected chi connectivity index (χ3v) is 14.2. The van der Waals surface area contributed by atoms with Gasteiger partial charge in [0.15, 0.2) is 0 Å². The Balaban J connectivity index is 0.000000861. The summed E-state index contributed by atoms with van der Waals surface area (Å²) in [5, 5.41) is 13.3. The number of amides is 1. The Morgan fingerprint density at radius 3 is 1.86 bits per heavy atom. The van der Waals surface area contributed by atoms with E-state index in [9.17, 15) is 9.90 Å². The number of methoxy groups -OCH3 is 2. The van der Waals surface area contributed by atoms with Crippen LogP contribution in [0.25, 0.3) is 0 Å². The van der Waals surface area contributed by atoms with Crippen molar-refractivity contribution in [2.24, 2.45) is 0 Å². The first kappa shape index (κ1) is 45.9. The minimum atomic E-state index is -2.68. The van der Waals surface area contributed by atoms with Crippen LogP contribution in [0.3, 0.4) is 0 Å². The number of carbonyl (C=O) groups is 1. The molecule has 1 heterocycles. The normalized spacial score (nSPS) is 16.9. The molecular weight excluding hydrogens is 668 g/mol. The molecule has 2 aromatic rings. The van der Waals surface area contributed by atoms with E-state index in [1.54, 1.807) is 34.1 Å². The summed E-state index contributed by atoms with van der Waals surface area (Å²) in [5.41, 5.74) is -1.53. The molecule has 0 aromatic heterocycles. The zero-order chi connectivity index (χ0) is 35.8. The summed E-state index contributed by atoms with van der Waals surface area (Å²) in [6.45, 7) is 18.9. The number of hydrogen-bond donors (Lipinski definition) is 1. The maximum absolute atomic E-state index is 12.9. The van der Waals surface area contributed by atoms with Gasteiger partial charge in [0, 0.05) is 27.4 Å². The van der Waals surface area contributed by atoms with Crippen LogP contribution in [0, 0.1) is 0 Å². The fraction of sp³-hybridized carbons (Fsp3) is 0.583. The molecule has 1 aliphatic heterocycles. The predicted molar refractivity (Wildman–Crippen MR) is 195 cm³/mol. The second kappa shape index (κ2) is 22.1. The number of benzene rings is 2. The van der Waals surface area contributed by atoms with Gasteiger partial charge in [0.2, 0.25) is 0 Å². The van der Waals surface area contributed by atoms with Crippen molar-refractivity contribution >= 4 is 40.7 Å². The molecule has 10 nitrogen and oxygen atoms in total. The third kappa shape index (κ3) is 14.5. The number of aliphatic hydroxyl groups is 1. The predicted octanol–water partition coefficient (Wildman–Crippen LogP) is 1.17. The van der Waals surface area contributed by atoms with Crippen LogP contribution in [0.1, 0.15) is 55.4 Å². The molecule has 1 fully saturated rings. The largest absolute Gasteiger partial charge is 1.00 e. The minimum absolute atomic E-state index is 0. The van der Waals surface area contributed by atoms with Crippen LogP contribution in [-0.4, -0.2) is 118 Å². The summed E-state index contributed by atoms with van der Waals surface area (Å²) in [4.78, 5) is 14.4. The van der Waals surface area contributed by atoms with Crippen molar-refractivity contribution < 1.29 is 70.4 Å². The van der Waals surface area contributed by atoms with Gasteiger partial charge in [-0.15, -0.1) is 0 Å². The first-order valence-electron chi connectivity index (χ1n) is 16.7. The molecule has 1 N–H and O–H groups in total. The number of ether oxygens (including phenoxy) is 4. The van der Waals surface area contributed by atoms with Crippen LogP contribution in [0.2, 0.25) is 5.04 Å². The Labute approximate surface area is 324 Å². The van der Waals surface area contributed by atoms with Crippen molar-refractivity contribution in [2.45, 2.75) is 83.9 Å². The van der Waals surface area contributed by atoms with Gasteiger partial charge >= 0.3 is 51.5 Å². The van der Waals surface area contributed by atoms with Crippen molar-refractivity contribution in [1.82, 2.24) is 4.90 Å². The van der Waals surface area contributed by atoms with Crippen LogP contribution >= 0.6 is 0 Å². The summed E-state index contributed by atoms with van der Waals surface area (Å²) in [6, 6.07) is 20.3. The van der Waals surface area contributed by atoms with Crippen molar-refractivity contribution in [3.8, 4) is 0 Å². The molecule has 3 rings (SSSR count). The van der Waals surface area contributed by atoms with Crippen LogP contribution in [0.4, 0.5) is 4.79 Å². The maximum Gasteiger partial charge on any atom is 1.00 e. The Kier molecular flexibility index (Phi) is 20.7. The third-order valence-electron chi connectivity index (χ3n) is 7.87. The summed E-state index contributed by atoms with van der Waals surface area (Å²) in [7, 11) is 0.635. The molecule has 2 atom stereocenters. The molecule has 0 bridgehead atoms. The first-order valence-corrected chi connectivity index (χ1v) is 20.3. The van der Waals surface area contributed by atoms with Gasteiger partial charge in [0.05, 0.1) is 38.6 Å². The number of rotatable bonds is 15. The van der Waals surface area contributed by atoms with Gasteiger partial charge in [-0.3, -0.25) is 4.90 Å². The fourth-order valence-corrected chi connectivity index (χ4v) is 10.9. The van der Waals surface area contributed by atoms with E-state index < -0.39 is 53.8 Å². The number of hydrogen-bond acceptors (Lipinski definition) is 9. The quantitative estimate of drug-likeness (QED) is 0.165. The molecule has 2 aromatic carbocycles. The van der Waals surface area contributed by atoms with Crippen molar-refractivity contribution in [2.75, 3.05) is 53.9 Å². The van der Waals surface area contributed by atoms with Gasteiger partial charge in [0.25, 0.3) is 8.32 Å². The van der Waals surface area contributed by atoms with Crippen LogP contribution < -0.4 is 39.9 Å². The number of carbonyl (C=O) groups excluding carboxylic acids is 1. The van der Waals surface area contributed by atoms with Gasteiger partial charge in [0.1, 0.15) is 11.3 Å². The van der Waals surface area contributed by atoms with E-state index in [-0.39, 0.29) is 41.2 Å². The van der Waals surface area contributed by atoms with Gasteiger partial charge in [-0.25, -0.2) is 4.79 Å². The molecule has 13 heteroatoms. The standard InChI is InChI=1S/C30H43NO5Si.2C3H7O2.Al.Na.2H/c1-28(2,3)36-27(33)31-25(22-34-30(31,7)8)26(32)20-15-21-35-37(29(4,5)6,23-16-11-9-12-17-23)24-18-13-10-14-19-24;2*1-5-3-2-4;;;;/h9-20,25-26,32H,21-22H2,1-8H3;2*2-3H2,1H3;;;;/q;2*-1;2*+1;;/b20-15+;;;;;;/t25-,26+;;;;;;/m0....../s1. The van der Waals surface area contributed by atoms with E-state index in [1.165, 1.54) is 15.3 Å². The van der Waals surface area contributed by atoms with Crippen molar-refractivity contribution in [3.05, 3.63) is 72.8 Å². The van der Waals surface area contributed by atoms with Gasteiger partial charge in [-0.1, -0.05) is 93.6 Å². The molecule has 1 aliphatic rings. The van der Waals surface area contributed by atoms with E-state index >= 15 is 0 Å². The maximum atomic E-state index is 12.9. The molecule has 0 saturated carbocycles. The van der Waals surface area contributed by atoms with Crippen LogP contribution in [-0.2, 0) is 31.0 Å². The average Bonchev–Trinajstić information content (AvgIpc) is 3.35. The van der Waals surface area contributed by atoms with Crippen molar-refractivity contribution in [3.63, 3.8) is 0 Å². The van der Waals surface area contributed by atoms with E-state index in [4.69, 9.17) is 31.0 Å². The van der Waals surface area contributed by atoms with E-state index in [0.717, 1.165) is 0 Å². The minimum Gasteiger partial charge on any atom is -0.640 e. The van der Waals surface area contributed by atoms with E-state index in [1.807, 2.05) is 39.0 Å². The molecular formula is C36H59AlNNaO9Si. The first-order chi connectivity index (χ1) is 22.6. The van der Waals surface area contributed by atoms with Crippen molar-refractivity contribution in [1.29, 1.82) is 0 Å². The molecule has 0 aliphatic carbocycles. The number of aliphatic hydroxyl groups excluding tert-OH is 1. The number of nitrogens with zero attached hydrogens (tertiary/aromatic N) is 1. The van der Waals surface area contributed by atoms with Crippen LogP contribution in [0.5, 0.6) is 0 Å². The monoisotopic (exact) mass is 727 g/mol. The molecule has 270 valence electrons. The zero-order valence-corrected chi connectivity index (χ0v) is 37.0. The summed E-state index contributed by atoms with van der Waals surface area (Å²) in [6.07, 6.45) is 2.11. The molecule has 0 spiro atoms. The molecule has 49 heavy (non-hydrogen) atoms. The Morgan fingerprint density at radius 2 is 1.43 bits per heavy atom. The van der Waals surface area contributed by atoms with E-state index in [2.05, 4.69) is 69.3 Å². The topological polar surface area (TPSA) is 105 Å². The fourth-order valence-electron chi connectivity index (χ4n) is 5.59. The van der Waals surface area contributed by atoms with Crippen LogP contribution in [0.15, 0.2) is 72.8 Å². The molecule has 1 amide bonds.